The topological polar surface area (TPSA) is 66.6 Å². The molecule has 0 saturated heterocycles. The fraction of sp³-hybridized carbons (Fsp3) is 0.333. The Hall–Kier alpha value is -1.92. The molecule has 0 fully saturated rings. The second kappa shape index (κ2) is 5.46. The standard InChI is InChI=1S/C15H16N2O3S/c1-10(18)14-8-13(17(19)20)15(21-14)16-7-6-11-4-2-3-5-12(11)9-16/h2-5,8,10,18H,6-7,9H2,1H3. The molecule has 1 aromatic heterocycles. The molecule has 1 N–H and O–H groups in total. The second-order valence-corrected chi connectivity index (χ2v) is 6.27. The Labute approximate surface area is 126 Å². The number of rotatable bonds is 3. The van der Waals surface area contributed by atoms with Crippen LogP contribution in [0.1, 0.15) is 29.0 Å². The highest BCUT2D eigenvalue weighted by Gasteiger charge is 2.27. The van der Waals surface area contributed by atoms with Crippen molar-refractivity contribution < 1.29 is 10.0 Å². The largest absolute Gasteiger partial charge is 0.388 e. The summed E-state index contributed by atoms with van der Waals surface area (Å²) in [5, 5.41) is 21.6. The zero-order chi connectivity index (χ0) is 15.0. The lowest BCUT2D eigenvalue weighted by Gasteiger charge is -2.28. The van der Waals surface area contributed by atoms with E-state index in [0.29, 0.717) is 16.4 Å². The minimum Gasteiger partial charge on any atom is -0.388 e. The van der Waals surface area contributed by atoms with Gasteiger partial charge in [0, 0.05) is 24.0 Å². The first-order valence-electron chi connectivity index (χ1n) is 6.84. The summed E-state index contributed by atoms with van der Waals surface area (Å²) in [6.07, 6.45) is 0.203. The van der Waals surface area contributed by atoms with Crippen molar-refractivity contribution in [3.05, 3.63) is 56.5 Å². The SMILES string of the molecule is CC(O)c1cc([N+](=O)[O-])c(N2CCc3ccccc3C2)s1. The predicted molar refractivity (Wildman–Crippen MR) is 82.8 cm³/mol. The molecule has 0 bridgehead atoms. The minimum atomic E-state index is -0.681. The first-order chi connectivity index (χ1) is 10.1. The number of anilines is 1. The molecule has 3 rings (SSSR count). The molecule has 0 spiro atoms. The van der Waals surface area contributed by atoms with Crippen molar-refractivity contribution in [3.63, 3.8) is 0 Å². The van der Waals surface area contributed by atoms with Gasteiger partial charge in [0.15, 0.2) is 5.00 Å². The molecule has 1 aromatic carbocycles. The molecule has 1 atom stereocenters. The number of aliphatic hydroxyl groups excluding tert-OH is 1. The summed E-state index contributed by atoms with van der Waals surface area (Å²) in [5.74, 6) is 0. The van der Waals surface area contributed by atoms with Crippen LogP contribution in [0.25, 0.3) is 0 Å². The third kappa shape index (κ3) is 2.64. The van der Waals surface area contributed by atoms with E-state index in [1.165, 1.54) is 28.5 Å². The lowest BCUT2D eigenvalue weighted by Crippen LogP contribution is -2.30. The van der Waals surface area contributed by atoms with Gasteiger partial charge in [-0.2, -0.15) is 0 Å². The van der Waals surface area contributed by atoms with Gasteiger partial charge in [-0.05, 0) is 24.5 Å². The highest BCUT2D eigenvalue weighted by atomic mass is 32.1. The van der Waals surface area contributed by atoms with Gasteiger partial charge in [0.25, 0.3) is 0 Å². The van der Waals surface area contributed by atoms with E-state index in [9.17, 15) is 15.2 Å². The van der Waals surface area contributed by atoms with Gasteiger partial charge in [-0.15, -0.1) is 11.3 Å². The summed E-state index contributed by atoms with van der Waals surface area (Å²) in [6.45, 7) is 3.07. The number of nitro groups is 1. The van der Waals surface area contributed by atoms with Crippen molar-refractivity contribution in [1.82, 2.24) is 0 Å². The van der Waals surface area contributed by atoms with E-state index in [0.717, 1.165) is 13.0 Å². The van der Waals surface area contributed by atoms with Gasteiger partial charge >= 0.3 is 5.69 Å². The van der Waals surface area contributed by atoms with Crippen molar-refractivity contribution >= 4 is 22.0 Å². The molecule has 21 heavy (non-hydrogen) atoms. The van der Waals surface area contributed by atoms with Crippen LogP contribution in [0.15, 0.2) is 30.3 Å². The van der Waals surface area contributed by atoms with Crippen LogP contribution >= 0.6 is 11.3 Å². The minimum absolute atomic E-state index is 0.0929. The molecule has 0 aliphatic carbocycles. The Bertz CT molecular complexity index is 681. The second-order valence-electron chi connectivity index (χ2n) is 5.21. The zero-order valence-corrected chi connectivity index (χ0v) is 12.5. The summed E-state index contributed by atoms with van der Waals surface area (Å²) in [4.78, 5) is 13.6. The summed E-state index contributed by atoms with van der Waals surface area (Å²) in [5.41, 5.74) is 2.61. The number of thiophene rings is 1. The van der Waals surface area contributed by atoms with Crippen LogP contribution < -0.4 is 4.90 Å². The monoisotopic (exact) mass is 304 g/mol. The summed E-state index contributed by atoms with van der Waals surface area (Å²) in [6, 6.07) is 9.68. The zero-order valence-electron chi connectivity index (χ0n) is 11.7. The van der Waals surface area contributed by atoms with E-state index in [1.54, 1.807) is 6.92 Å². The van der Waals surface area contributed by atoms with Crippen molar-refractivity contribution in [2.75, 3.05) is 11.4 Å². The number of aliphatic hydroxyl groups is 1. The fourth-order valence-electron chi connectivity index (χ4n) is 2.62. The number of nitrogens with zero attached hydrogens (tertiary/aromatic N) is 2. The molecule has 0 radical (unpaired) electrons. The van der Waals surface area contributed by atoms with Gasteiger partial charge in [0.1, 0.15) is 0 Å². The number of benzene rings is 1. The smallest absolute Gasteiger partial charge is 0.304 e. The van der Waals surface area contributed by atoms with Crippen LogP contribution in [0.5, 0.6) is 0 Å². The van der Waals surface area contributed by atoms with Crippen LogP contribution in [-0.2, 0) is 13.0 Å². The average molecular weight is 304 g/mol. The molecule has 1 unspecified atom stereocenters. The molecule has 0 saturated carbocycles. The predicted octanol–water partition coefficient (Wildman–Crippen LogP) is 3.27. The molecule has 1 aliphatic heterocycles. The normalized spacial score (nSPS) is 15.6. The lowest BCUT2D eigenvalue weighted by molar-refractivity contribution is -0.383. The van der Waals surface area contributed by atoms with Gasteiger partial charge in [0.05, 0.1) is 11.0 Å². The van der Waals surface area contributed by atoms with Crippen molar-refractivity contribution in [1.29, 1.82) is 0 Å². The molecule has 6 heteroatoms. The summed E-state index contributed by atoms with van der Waals surface area (Å²) >= 11 is 1.31. The van der Waals surface area contributed by atoms with E-state index < -0.39 is 6.10 Å². The number of hydrogen-bond donors (Lipinski definition) is 1. The first kappa shape index (κ1) is 14.0. The van der Waals surface area contributed by atoms with E-state index in [2.05, 4.69) is 12.1 Å². The van der Waals surface area contributed by atoms with E-state index >= 15 is 0 Å². The highest BCUT2D eigenvalue weighted by Crippen LogP contribution is 2.41. The van der Waals surface area contributed by atoms with Crippen LogP contribution in [0.4, 0.5) is 10.7 Å². The molecular formula is C15H16N2O3S. The Morgan fingerprint density at radius 1 is 1.38 bits per heavy atom. The molecule has 2 heterocycles. The molecule has 1 aliphatic rings. The summed E-state index contributed by atoms with van der Waals surface area (Å²) in [7, 11) is 0. The lowest BCUT2D eigenvalue weighted by atomic mass is 10.0. The fourth-order valence-corrected chi connectivity index (χ4v) is 3.71. The Morgan fingerprint density at radius 2 is 2.10 bits per heavy atom. The van der Waals surface area contributed by atoms with E-state index in [-0.39, 0.29) is 10.6 Å². The van der Waals surface area contributed by atoms with Crippen molar-refractivity contribution in [3.8, 4) is 0 Å². The van der Waals surface area contributed by atoms with Crippen LogP contribution in [0.2, 0.25) is 0 Å². The van der Waals surface area contributed by atoms with Crippen LogP contribution in [0.3, 0.4) is 0 Å². The highest BCUT2D eigenvalue weighted by molar-refractivity contribution is 7.16. The van der Waals surface area contributed by atoms with Gasteiger partial charge < -0.3 is 10.0 Å². The Balaban J connectivity index is 1.96. The molecule has 5 nitrogen and oxygen atoms in total. The summed E-state index contributed by atoms with van der Waals surface area (Å²) < 4.78 is 0. The number of fused-ring (bicyclic) bond motifs is 1. The maximum Gasteiger partial charge on any atom is 0.304 e. The van der Waals surface area contributed by atoms with Crippen LogP contribution in [-0.4, -0.2) is 16.6 Å². The van der Waals surface area contributed by atoms with Gasteiger partial charge in [-0.25, -0.2) is 0 Å². The van der Waals surface area contributed by atoms with Crippen molar-refractivity contribution in [2.45, 2.75) is 26.0 Å². The third-order valence-electron chi connectivity index (χ3n) is 3.74. The quantitative estimate of drug-likeness (QED) is 0.698. The Morgan fingerprint density at radius 3 is 2.76 bits per heavy atom. The molecular weight excluding hydrogens is 288 g/mol. The van der Waals surface area contributed by atoms with Gasteiger partial charge in [-0.3, -0.25) is 10.1 Å². The maximum atomic E-state index is 11.2. The molecule has 0 amide bonds. The maximum absolute atomic E-state index is 11.2. The molecule has 2 aromatic rings. The van der Waals surface area contributed by atoms with E-state index in [4.69, 9.17) is 0 Å². The molecule has 110 valence electrons. The first-order valence-corrected chi connectivity index (χ1v) is 7.66. The average Bonchev–Trinajstić information content (AvgIpc) is 2.92. The third-order valence-corrected chi connectivity index (χ3v) is 5.09. The van der Waals surface area contributed by atoms with Crippen LogP contribution in [0, 0.1) is 10.1 Å². The van der Waals surface area contributed by atoms with E-state index in [1.807, 2.05) is 17.0 Å². The van der Waals surface area contributed by atoms with Gasteiger partial charge in [0.2, 0.25) is 0 Å². The van der Waals surface area contributed by atoms with Crippen molar-refractivity contribution in [2.24, 2.45) is 0 Å². The number of hydrogen-bond acceptors (Lipinski definition) is 5. The van der Waals surface area contributed by atoms with Gasteiger partial charge in [-0.1, -0.05) is 24.3 Å². The Kier molecular flexibility index (Phi) is 3.65.